The third-order valence-corrected chi connectivity index (χ3v) is 8.07. The van der Waals surface area contributed by atoms with Crippen LogP contribution in [0.4, 0.5) is 5.69 Å². The smallest absolute Gasteiger partial charge is 0.243 e. The minimum Gasteiger partial charge on any atom is -0.494 e. The third kappa shape index (κ3) is 10.9. The molecule has 0 aromatic heterocycles. The molecule has 0 heterocycles. The average molecular weight is 628 g/mol. The van der Waals surface area contributed by atoms with Crippen LogP contribution in [0, 0.1) is 0 Å². The molecule has 232 valence electrons. The molecule has 1 atom stereocenters. The Hall–Kier alpha value is -3.56. The molecule has 0 aliphatic carbocycles. The molecule has 0 unspecified atom stereocenters. The second kappa shape index (κ2) is 15.3. The molecular formula is C33H42ClN3O5S. The van der Waals surface area contributed by atoms with Crippen molar-refractivity contribution >= 4 is 39.1 Å². The van der Waals surface area contributed by atoms with Gasteiger partial charge in [0.05, 0.1) is 18.6 Å². The molecular weight excluding hydrogens is 586 g/mol. The second-order valence-electron chi connectivity index (χ2n) is 11.5. The van der Waals surface area contributed by atoms with Gasteiger partial charge in [-0.2, -0.15) is 0 Å². The summed E-state index contributed by atoms with van der Waals surface area (Å²) in [5.74, 6) is 0.136. The maximum Gasteiger partial charge on any atom is 0.243 e. The van der Waals surface area contributed by atoms with E-state index < -0.39 is 21.6 Å². The summed E-state index contributed by atoms with van der Waals surface area (Å²) < 4.78 is 32.1. The van der Waals surface area contributed by atoms with E-state index in [4.69, 9.17) is 16.3 Å². The van der Waals surface area contributed by atoms with Gasteiger partial charge in [0.25, 0.3) is 0 Å². The lowest BCUT2D eigenvalue weighted by Gasteiger charge is -2.34. The van der Waals surface area contributed by atoms with E-state index in [9.17, 15) is 18.0 Å². The van der Waals surface area contributed by atoms with Crippen molar-refractivity contribution in [3.05, 3.63) is 95.0 Å². The number of rotatable bonds is 14. The minimum atomic E-state index is -3.61. The molecule has 0 aliphatic heterocycles. The zero-order valence-corrected chi connectivity index (χ0v) is 27.1. The van der Waals surface area contributed by atoms with Crippen LogP contribution in [0.15, 0.2) is 78.9 Å². The number of anilines is 1. The van der Waals surface area contributed by atoms with Crippen LogP contribution in [0.25, 0.3) is 0 Å². The fourth-order valence-corrected chi connectivity index (χ4v) is 5.76. The van der Waals surface area contributed by atoms with E-state index in [1.807, 2.05) is 70.2 Å². The monoisotopic (exact) mass is 627 g/mol. The highest BCUT2D eigenvalue weighted by Gasteiger charge is 2.32. The molecule has 3 rings (SSSR count). The van der Waals surface area contributed by atoms with Gasteiger partial charge in [0.2, 0.25) is 21.8 Å². The van der Waals surface area contributed by atoms with Crippen LogP contribution in [0.3, 0.4) is 0 Å². The summed E-state index contributed by atoms with van der Waals surface area (Å²) in [4.78, 5) is 29.2. The minimum absolute atomic E-state index is 0.0464. The molecule has 0 spiro atoms. The summed E-state index contributed by atoms with van der Waals surface area (Å²) in [6.07, 6.45) is 1.77. The van der Waals surface area contributed by atoms with Crippen molar-refractivity contribution in [3.63, 3.8) is 0 Å². The number of hydrogen-bond donors (Lipinski definition) is 1. The quantitative estimate of drug-likeness (QED) is 0.242. The molecule has 0 bridgehead atoms. The number of nitrogens with zero attached hydrogens (tertiary/aromatic N) is 2. The first-order chi connectivity index (χ1) is 20.3. The number of halogens is 1. The standard InChI is InChI=1S/C33H42ClN3O5S/c1-6-42-29-20-18-28(19-21-29)37(43(5,40)41)22-10-13-31(38)36(24-26-14-16-27(34)17-15-26)30(32(39)35-33(2,3)4)23-25-11-8-7-9-12-25/h7-9,11-12,14-21,30H,6,10,13,22-24H2,1-5H3,(H,35,39)/t30-/m0/s1. The van der Waals surface area contributed by atoms with Gasteiger partial charge in [-0.1, -0.05) is 54.1 Å². The maximum atomic E-state index is 13.9. The Morgan fingerprint density at radius 3 is 2.12 bits per heavy atom. The summed E-state index contributed by atoms with van der Waals surface area (Å²) in [6, 6.07) is 22.8. The predicted octanol–water partition coefficient (Wildman–Crippen LogP) is 5.84. The molecule has 10 heteroatoms. The zero-order chi connectivity index (χ0) is 31.6. The van der Waals surface area contributed by atoms with Crippen molar-refractivity contribution in [1.29, 1.82) is 0 Å². The highest BCUT2D eigenvalue weighted by atomic mass is 35.5. The van der Waals surface area contributed by atoms with Crippen LogP contribution in [0.2, 0.25) is 5.02 Å². The number of sulfonamides is 1. The van der Waals surface area contributed by atoms with E-state index in [0.29, 0.717) is 29.5 Å². The molecule has 0 fully saturated rings. The molecule has 3 aromatic rings. The Labute approximate surface area is 261 Å². The van der Waals surface area contributed by atoms with E-state index in [2.05, 4.69) is 5.32 Å². The number of benzene rings is 3. The van der Waals surface area contributed by atoms with Gasteiger partial charge in [0, 0.05) is 36.5 Å². The molecule has 43 heavy (non-hydrogen) atoms. The average Bonchev–Trinajstić information content (AvgIpc) is 2.93. The van der Waals surface area contributed by atoms with Gasteiger partial charge in [-0.15, -0.1) is 0 Å². The van der Waals surface area contributed by atoms with Gasteiger partial charge < -0.3 is 15.0 Å². The molecule has 0 saturated carbocycles. The lowest BCUT2D eigenvalue weighted by Crippen LogP contribution is -2.54. The summed E-state index contributed by atoms with van der Waals surface area (Å²) in [6.45, 7) is 8.37. The van der Waals surface area contributed by atoms with Crippen molar-refractivity contribution < 1.29 is 22.7 Å². The molecule has 0 radical (unpaired) electrons. The van der Waals surface area contributed by atoms with Crippen LogP contribution in [-0.4, -0.2) is 56.1 Å². The fourth-order valence-electron chi connectivity index (χ4n) is 4.67. The molecule has 0 aliphatic rings. The predicted molar refractivity (Wildman–Crippen MR) is 173 cm³/mol. The highest BCUT2D eigenvalue weighted by Crippen LogP contribution is 2.23. The summed E-state index contributed by atoms with van der Waals surface area (Å²) in [7, 11) is -3.61. The number of nitrogens with one attached hydrogen (secondary N) is 1. The number of ether oxygens (including phenoxy) is 1. The first-order valence-corrected chi connectivity index (χ1v) is 16.6. The van der Waals surface area contributed by atoms with Crippen molar-refractivity contribution in [2.24, 2.45) is 0 Å². The van der Waals surface area contributed by atoms with Crippen molar-refractivity contribution in [3.8, 4) is 5.75 Å². The van der Waals surface area contributed by atoms with Crippen molar-refractivity contribution in [2.75, 3.05) is 23.7 Å². The molecule has 1 N–H and O–H groups in total. The van der Waals surface area contributed by atoms with E-state index in [1.165, 1.54) is 4.31 Å². The fraction of sp³-hybridized carbons (Fsp3) is 0.394. The van der Waals surface area contributed by atoms with Gasteiger partial charge in [-0.25, -0.2) is 8.42 Å². The first kappa shape index (κ1) is 33.9. The van der Waals surface area contributed by atoms with E-state index >= 15 is 0 Å². The van der Waals surface area contributed by atoms with E-state index in [1.54, 1.807) is 41.3 Å². The molecule has 3 aromatic carbocycles. The summed E-state index contributed by atoms with van der Waals surface area (Å²) in [5.41, 5.74) is 1.73. The van der Waals surface area contributed by atoms with Crippen LogP contribution in [-0.2, 0) is 32.6 Å². The van der Waals surface area contributed by atoms with Gasteiger partial charge in [0.15, 0.2) is 0 Å². The SMILES string of the molecule is CCOc1ccc(N(CCCC(=O)N(Cc2ccc(Cl)cc2)[C@@H](Cc2ccccc2)C(=O)NC(C)(C)C)S(C)(=O)=O)cc1. The van der Waals surface area contributed by atoms with Gasteiger partial charge in [-0.3, -0.25) is 13.9 Å². The first-order valence-electron chi connectivity index (χ1n) is 14.4. The lowest BCUT2D eigenvalue weighted by atomic mass is 10.00. The lowest BCUT2D eigenvalue weighted by molar-refractivity contribution is -0.142. The van der Waals surface area contributed by atoms with Crippen LogP contribution >= 0.6 is 11.6 Å². The Bertz CT molecular complexity index is 1440. The molecule has 0 saturated heterocycles. The topological polar surface area (TPSA) is 96.0 Å². The van der Waals surface area contributed by atoms with E-state index in [-0.39, 0.29) is 37.7 Å². The largest absolute Gasteiger partial charge is 0.494 e. The number of hydrogen-bond acceptors (Lipinski definition) is 5. The second-order valence-corrected chi connectivity index (χ2v) is 13.8. The van der Waals surface area contributed by atoms with Crippen LogP contribution in [0.1, 0.15) is 51.7 Å². The highest BCUT2D eigenvalue weighted by molar-refractivity contribution is 7.92. The van der Waals surface area contributed by atoms with E-state index in [0.717, 1.165) is 17.4 Å². The van der Waals surface area contributed by atoms with Gasteiger partial charge in [0.1, 0.15) is 11.8 Å². The molecule has 8 nitrogen and oxygen atoms in total. The normalized spacial score (nSPS) is 12.3. The number of amides is 2. The number of carbonyl (C=O) groups is 2. The van der Waals surface area contributed by atoms with Crippen molar-refractivity contribution in [2.45, 2.75) is 65.1 Å². The number of carbonyl (C=O) groups excluding carboxylic acids is 2. The Kier molecular flexibility index (Phi) is 12.0. The summed E-state index contributed by atoms with van der Waals surface area (Å²) in [5, 5.41) is 3.62. The Morgan fingerprint density at radius 2 is 1.56 bits per heavy atom. The Balaban J connectivity index is 1.87. The van der Waals surface area contributed by atoms with Gasteiger partial charge >= 0.3 is 0 Å². The third-order valence-electron chi connectivity index (χ3n) is 6.62. The molecule has 2 amide bonds. The zero-order valence-electron chi connectivity index (χ0n) is 25.5. The van der Waals surface area contributed by atoms with Crippen LogP contribution < -0.4 is 14.4 Å². The van der Waals surface area contributed by atoms with Crippen LogP contribution in [0.5, 0.6) is 5.75 Å². The summed E-state index contributed by atoms with van der Waals surface area (Å²) >= 11 is 6.11. The van der Waals surface area contributed by atoms with Gasteiger partial charge in [-0.05, 0) is 81.6 Å². The maximum absolute atomic E-state index is 13.9. The van der Waals surface area contributed by atoms with Crippen molar-refractivity contribution in [1.82, 2.24) is 10.2 Å². The Morgan fingerprint density at radius 1 is 0.930 bits per heavy atom.